The normalized spacial score (nSPS) is 13.1. The second-order valence-corrected chi connectivity index (χ2v) is 17.5. The number of fused-ring (bicyclic) bond motifs is 6. The van der Waals surface area contributed by atoms with Gasteiger partial charge >= 0.3 is 12.2 Å². The molecule has 2 aliphatic carbocycles. The van der Waals surface area contributed by atoms with E-state index in [-0.39, 0.29) is 37.9 Å². The molecule has 346 valence electrons. The summed E-state index contributed by atoms with van der Waals surface area (Å²) in [6.45, 7) is 0.191. The summed E-state index contributed by atoms with van der Waals surface area (Å²) in [6.07, 6.45) is -1.02. The van der Waals surface area contributed by atoms with Gasteiger partial charge in [-0.1, -0.05) is 194 Å². The highest BCUT2D eigenvalue weighted by molar-refractivity contribution is 6.04. The topological polar surface area (TPSA) is 135 Å². The van der Waals surface area contributed by atoms with Crippen LogP contribution in [-0.4, -0.2) is 49.3 Å². The monoisotopic (exact) mass is 922 g/mol. The molecular formula is C60H50N4O6. The molecule has 8 aromatic carbocycles. The Morgan fingerprint density at radius 1 is 0.357 bits per heavy atom. The maximum absolute atomic E-state index is 14.4. The summed E-state index contributed by atoms with van der Waals surface area (Å²) in [5.41, 5.74) is 12.7. The van der Waals surface area contributed by atoms with Crippen molar-refractivity contribution in [2.24, 2.45) is 0 Å². The van der Waals surface area contributed by atoms with E-state index in [1.54, 1.807) is 24.3 Å². The Kier molecular flexibility index (Phi) is 13.3. The van der Waals surface area contributed by atoms with E-state index < -0.39 is 36.1 Å². The lowest BCUT2D eigenvalue weighted by atomic mass is 9.98. The van der Waals surface area contributed by atoms with Gasteiger partial charge in [0.15, 0.2) is 0 Å². The van der Waals surface area contributed by atoms with Crippen molar-refractivity contribution in [1.82, 2.24) is 10.6 Å². The average molecular weight is 923 g/mol. The van der Waals surface area contributed by atoms with Gasteiger partial charge in [-0.2, -0.15) is 0 Å². The number of carbonyl (C=O) groups is 4. The molecule has 0 fully saturated rings. The molecule has 0 bridgehead atoms. The summed E-state index contributed by atoms with van der Waals surface area (Å²) < 4.78 is 11.8. The maximum Gasteiger partial charge on any atom is 0.407 e. The fourth-order valence-electron chi connectivity index (χ4n) is 9.78. The van der Waals surface area contributed by atoms with Crippen molar-refractivity contribution in [3.8, 4) is 33.4 Å². The van der Waals surface area contributed by atoms with Gasteiger partial charge in [-0.3, -0.25) is 9.59 Å². The minimum absolute atomic E-state index is 0.0955. The number of carbonyl (C=O) groups excluding carboxylic acids is 4. The van der Waals surface area contributed by atoms with E-state index in [1.165, 1.54) is 0 Å². The molecule has 2 aliphatic rings. The third kappa shape index (κ3) is 9.79. The third-order valence-electron chi connectivity index (χ3n) is 13.1. The third-order valence-corrected chi connectivity index (χ3v) is 13.1. The summed E-state index contributed by atoms with van der Waals surface area (Å²) in [6, 6.07) is 63.9. The molecule has 70 heavy (non-hydrogen) atoms. The number of para-hydroxylation sites is 2. The highest BCUT2D eigenvalue weighted by atomic mass is 16.6. The Morgan fingerprint density at radius 3 is 0.986 bits per heavy atom. The predicted octanol–water partition coefficient (Wildman–Crippen LogP) is 11.5. The first-order valence-electron chi connectivity index (χ1n) is 23.5. The van der Waals surface area contributed by atoms with Crippen LogP contribution in [0.4, 0.5) is 21.0 Å². The Morgan fingerprint density at radius 2 is 0.643 bits per heavy atom. The van der Waals surface area contributed by atoms with Gasteiger partial charge in [-0.25, -0.2) is 9.59 Å². The van der Waals surface area contributed by atoms with Crippen molar-refractivity contribution < 1.29 is 28.7 Å². The zero-order valence-electron chi connectivity index (χ0n) is 38.2. The first-order chi connectivity index (χ1) is 34.4. The number of ether oxygens (including phenoxy) is 2. The predicted molar refractivity (Wildman–Crippen MR) is 273 cm³/mol. The molecule has 0 unspecified atom stereocenters. The van der Waals surface area contributed by atoms with E-state index in [0.717, 1.165) is 55.6 Å². The van der Waals surface area contributed by atoms with Gasteiger partial charge in [-0.15, -0.1) is 0 Å². The molecule has 0 saturated carbocycles. The summed E-state index contributed by atoms with van der Waals surface area (Å²) in [7, 11) is 0. The minimum atomic E-state index is -1.01. The van der Waals surface area contributed by atoms with Gasteiger partial charge < -0.3 is 30.7 Å². The Bertz CT molecular complexity index is 2890. The largest absolute Gasteiger partial charge is 0.449 e. The Balaban J connectivity index is 0.848. The molecule has 0 aromatic heterocycles. The second kappa shape index (κ2) is 20.6. The van der Waals surface area contributed by atoms with Crippen LogP contribution in [-0.2, 0) is 31.9 Å². The Hall–Kier alpha value is -8.76. The first kappa shape index (κ1) is 45.0. The summed E-state index contributed by atoms with van der Waals surface area (Å²) in [5, 5.41) is 11.9. The van der Waals surface area contributed by atoms with Crippen LogP contribution in [0.25, 0.3) is 33.4 Å². The number of alkyl carbamates (subject to hydrolysis) is 2. The average Bonchev–Trinajstić information content (AvgIpc) is 3.90. The van der Waals surface area contributed by atoms with Crippen LogP contribution >= 0.6 is 0 Å². The number of rotatable bonds is 15. The molecule has 2 atom stereocenters. The lowest BCUT2D eigenvalue weighted by Gasteiger charge is -2.22. The molecule has 10 rings (SSSR count). The van der Waals surface area contributed by atoms with E-state index in [4.69, 9.17) is 9.47 Å². The number of amides is 4. The molecule has 4 amide bonds. The van der Waals surface area contributed by atoms with Gasteiger partial charge in [0, 0.05) is 47.2 Å². The molecule has 0 heterocycles. The van der Waals surface area contributed by atoms with Crippen molar-refractivity contribution in [2.45, 2.75) is 36.8 Å². The van der Waals surface area contributed by atoms with Crippen molar-refractivity contribution in [3.63, 3.8) is 0 Å². The van der Waals surface area contributed by atoms with Crippen LogP contribution in [0.5, 0.6) is 0 Å². The van der Waals surface area contributed by atoms with Crippen molar-refractivity contribution in [3.05, 3.63) is 240 Å². The van der Waals surface area contributed by atoms with Crippen LogP contribution in [0.1, 0.15) is 45.2 Å². The van der Waals surface area contributed by atoms with Crippen LogP contribution in [0.15, 0.2) is 206 Å². The highest BCUT2D eigenvalue weighted by Crippen LogP contribution is 2.46. The number of anilines is 2. The van der Waals surface area contributed by atoms with Crippen LogP contribution in [0.3, 0.4) is 0 Å². The van der Waals surface area contributed by atoms with Crippen molar-refractivity contribution >= 4 is 35.4 Å². The van der Waals surface area contributed by atoms with E-state index >= 15 is 0 Å². The molecule has 0 saturated heterocycles. The summed E-state index contributed by atoms with van der Waals surface area (Å²) >= 11 is 0. The van der Waals surface area contributed by atoms with E-state index in [9.17, 15) is 19.2 Å². The number of nitrogens with one attached hydrogen (secondary N) is 4. The molecule has 0 aliphatic heterocycles. The minimum Gasteiger partial charge on any atom is -0.449 e. The van der Waals surface area contributed by atoms with Crippen LogP contribution in [0, 0.1) is 0 Å². The smallest absolute Gasteiger partial charge is 0.407 e. The lowest BCUT2D eigenvalue weighted by Crippen LogP contribution is -2.46. The Labute approximate surface area is 406 Å². The molecule has 8 aromatic rings. The first-order valence-corrected chi connectivity index (χ1v) is 23.5. The van der Waals surface area contributed by atoms with Crippen molar-refractivity contribution in [1.29, 1.82) is 0 Å². The van der Waals surface area contributed by atoms with Gasteiger partial charge in [0.1, 0.15) is 25.3 Å². The van der Waals surface area contributed by atoms with Crippen LogP contribution < -0.4 is 21.3 Å². The molecular weight excluding hydrogens is 873 g/mol. The van der Waals surface area contributed by atoms with Gasteiger partial charge in [0.2, 0.25) is 11.8 Å². The molecule has 4 N–H and O–H groups in total. The van der Waals surface area contributed by atoms with Gasteiger partial charge in [0.05, 0.1) is 0 Å². The highest BCUT2D eigenvalue weighted by Gasteiger charge is 2.32. The lowest BCUT2D eigenvalue weighted by molar-refractivity contribution is -0.118. The van der Waals surface area contributed by atoms with Crippen LogP contribution in [0.2, 0.25) is 0 Å². The number of hydrogen-bond donors (Lipinski definition) is 4. The fraction of sp³-hybridized carbons (Fsp3) is 0.133. The molecule has 10 nitrogen and oxygen atoms in total. The summed E-state index contributed by atoms with van der Waals surface area (Å²) in [5.74, 6) is -1.21. The summed E-state index contributed by atoms with van der Waals surface area (Å²) in [4.78, 5) is 56.1. The van der Waals surface area contributed by atoms with E-state index in [1.807, 2.05) is 133 Å². The van der Waals surface area contributed by atoms with E-state index in [2.05, 4.69) is 69.8 Å². The maximum atomic E-state index is 14.4. The van der Waals surface area contributed by atoms with Crippen molar-refractivity contribution in [2.75, 3.05) is 23.8 Å². The van der Waals surface area contributed by atoms with Gasteiger partial charge in [-0.05, 0) is 67.8 Å². The quantitative estimate of drug-likeness (QED) is 0.0809. The zero-order valence-corrected chi connectivity index (χ0v) is 38.2. The standard InChI is InChI=1S/C60H50N4O6/c65-57(55(35-39-19-3-1-4-20-39)63-59(67)69-37-51-45-27-11-7-23-41(45)42-24-8-12-28-46(42)51)61-53-33-17-15-31-49(53)50-32-16-18-34-54(50)62-58(66)56(36-40-21-5-2-6-22-40)64-60(68)70-38-52-47-29-13-9-25-43(47)44-26-10-14-30-48(44)52/h1-34,51-52,55-56H,35-38H2,(H,61,65)(H,62,66)(H,63,67)(H,64,68)/t55-,56-/m0/s1. The molecule has 0 spiro atoms. The molecule has 10 heteroatoms. The number of hydrogen-bond acceptors (Lipinski definition) is 6. The zero-order chi connectivity index (χ0) is 47.8. The fourth-order valence-corrected chi connectivity index (χ4v) is 9.78. The van der Waals surface area contributed by atoms with Gasteiger partial charge in [0.25, 0.3) is 0 Å². The number of benzene rings is 8. The second-order valence-electron chi connectivity index (χ2n) is 17.5. The van der Waals surface area contributed by atoms with E-state index in [0.29, 0.717) is 22.5 Å². The molecule has 0 radical (unpaired) electrons. The SMILES string of the molecule is O=C(N[C@@H](Cc1ccccc1)C(=O)Nc1ccccc1-c1ccccc1NC(=O)[C@H](Cc1ccccc1)NC(=O)OCC1c2ccccc2-c2ccccc21)OCC1c2ccccc2-c2ccccc21.